The van der Waals surface area contributed by atoms with E-state index in [1.54, 1.807) is 24.3 Å². The van der Waals surface area contributed by atoms with Crippen LogP contribution in [0.4, 0.5) is 10.1 Å². The third-order valence-corrected chi connectivity index (χ3v) is 3.67. The van der Waals surface area contributed by atoms with Gasteiger partial charge in [-0.05, 0) is 24.3 Å². The van der Waals surface area contributed by atoms with Gasteiger partial charge in [-0.15, -0.1) is 0 Å². The number of nitrogens with zero attached hydrogens (tertiary/aromatic N) is 2. The Labute approximate surface area is 153 Å². The predicted molar refractivity (Wildman–Crippen MR) is 97.8 cm³/mol. The second kappa shape index (κ2) is 8.09. The molecule has 4 N–H and O–H groups in total. The minimum atomic E-state index is -0.945. The molecule has 0 aromatic heterocycles. The summed E-state index contributed by atoms with van der Waals surface area (Å²) in [4.78, 5) is 28.0. The lowest BCUT2D eigenvalue weighted by Crippen LogP contribution is -2.35. The number of benzene rings is 2. The number of anilines is 1. The normalized spacial score (nSPS) is 16.1. The van der Waals surface area contributed by atoms with Crippen LogP contribution in [0.15, 0.2) is 58.6 Å². The van der Waals surface area contributed by atoms with Gasteiger partial charge in [-0.3, -0.25) is 14.9 Å². The highest BCUT2D eigenvalue weighted by atomic mass is 19.1. The van der Waals surface area contributed by atoms with Crippen molar-refractivity contribution in [2.75, 3.05) is 5.32 Å². The van der Waals surface area contributed by atoms with E-state index in [9.17, 15) is 19.1 Å². The van der Waals surface area contributed by atoms with Crippen LogP contribution in [0.3, 0.4) is 0 Å². The summed E-state index contributed by atoms with van der Waals surface area (Å²) >= 11 is 0. The zero-order valence-corrected chi connectivity index (χ0v) is 14.0. The maximum absolute atomic E-state index is 13.5. The van der Waals surface area contributed by atoms with Gasteiger partial charge < -0.3 is 10.4 Å². The lowest BCUT2D eigenvalue weighted by molar-refractivity contribution is -0.123. The molecule has 1 heterocycles. The van der Waals surface area contributed by atoms with E-state index in [0.29, 0.717) is 5.56 Å². The van der Waals surface area contributed by atoms with Crippen molar-refractivity contribution in [3.63, 3.8) is 0 Å². The first-order valence-corrected chi connectivity index (χ1v) is 8.03. The number of rotatable bonds is 5. The second-order valence-electron chi connectivity index (χ2n) is 5.64. The number of phenols is 1. The number of hydrazone groups is 1. The summed E-state index contributed by atoms with van der Waals surface area (Å²) in [5.74, 6) is -1.44. The van der Waals surface area contributed by atoms with Crippen molar-refractivity contribution in [1.29, 1.82) is 0 Å². The van der Waals surface area contributed by atoms with Crippen LogP contribution in [0.2, 0.25) is 0 Å². The number of halogens is 1. The Kier molecular flexibility index (Phi) is 5.41. The van der Waals surface area contributed by atoms with Crippen molar-refractivity contribution in [3.05, 3.63) is 59.9 Å². The van der Waals surface area contributed by atoms with Gasteiger partial charge in [-0.2, -0.15) is 5.10 Å². The number of guanidine groups is 1. The van der Waals surface area contributed by atoms with Crippen LogP contribution >= 0.6 is 0 Å². The highest BCUT2D eigenvalue weighted by Gasteiger charge is 2.28. The van der Waals surface area contributed by atoms with Crippen molar-refractivity contribution in [3.8, 4) is 5.75 Å². The van der Waals surface area contributed by atoms with Crippen LogP contribution < -0.4 is 16.1 Å². The fraction of sp³-hybridized carbons (Fsp3) is 0.111. The van der Waals surface area contributed by atoms with E-state index in [4.69, 9.17) is 0 Å². The summed E-state index contributed by atoms with van der Waals surface area (Å²) < 4.78 is 13.5. The largest absolute Gasteiger partial charge is 0.507 e. The molecule has 0 radical (unpaired) electrons. The highest BCUT2D eigenvalue weighted by molar-refractivity contribution is 6.07. The van der Waals surface area contributed by atoms with Crippen molar-refractivity contribution < 1.29 is 19.1 Å². The molecular weight excluding hydrogens is 353 g/mol. The Morgan fingerprint density at radius 2 is 2.00 bits per heavy atom. The van der Waals surface area contributed by atoms with Crippen LogP contribution in [-0.2, 0) is 9.59 Å². The lowest BCUT2D eigenvalue weighted by Gasteiger charge is -2.07. The Bertz CT molecular complexity index is 929. The van der Waals surface area contributed by atoms with Gasteiger partial charge in [0.15, 0.2) is 0 Å². The molecule has 8 nitrogen and oxygen atoms in total. The van der Waals surface area contributed by atoms with E-state index in [1.807, 2.05) is 0 Å². The first-order valence-electron chi connectivity index (χ1n) is 8.03. The molecule has 2 aromatic rings. The molecule has 2 amide bonds. The Morgan fingerprint density at radius 1 is 1.26 bits per heavy atom. The van der Waals surface area contributed by atoms with Gasteiger partial charge in [-0.1, -0.05) is 24.3 Å². The number of aromatic hydroxyl groups is 1. The average Bonchev–Trinajstić information content (AvgIpc) is 2.98. The fourth-order valence-electron chi connectivity index (χ4n) is 2.34. The molecule has 1 atom stereocenters. The standard InChI is InChI=1S/C18H16FN5O3/c19-12-6-2-3-7-13(12)21-16(26)9-14-17(27)23-18(22-14)24-20-10-11-5-1-4-8-15(11)25/h1-8,10,14,25H,9H2,(H,21,26)(H2,22,23,24,27)/b20-10-/t14-/m1/s1. The Morgan fingerprint density at radius 3 is 2.78 bits per heavy atom. The van der Waals surface area contributed by atoms with E-state index < -0.39 is 23.7 Å². The zero-order chi connectivity index (χ0) is 19.2. The molecule has 0 saturated heterocycles. The second-order valence-corrected chi connectivity index (χ2v) is 5.64. The van der Waals surface area contributed by atoms with E-state index in [0.717, 1.165) is 0 Å². The van der Waals surface area contributed by atoms with E-state index in [-0.39, 0.29) is 23.8 Å². The summed E-state index contributed by atoms with van der Waals surface area (Å²) in [6.07, 6.45) is 1.12. The first kappa shape index (κ1) is 18.1. The average molecular weight is 369 g/mol. The summed E-state index contributed by atoms with van der Waals surface area (Å²) in [5, 5.41) is 18.4. The number of aliphatic imine (C=N–C) groups is 1. The van der Waals surface area contributed by atoms with Crippen molar-refractivity contribution in [2.24, 2.45) is 10.1 Å². The number of phenolic OH excluding ortho intramolecular Hbond substituents is 1. The SMILES string of the molecule is O=C(C[C@H]1N=C(N/N=C\c2ccccc2O)NC1=O)Nc1ccccc1F. The summed E-state index contributed by atoms with van der Waals surface area (Å²) in [6.45, 7) is 0. The smallest absolute Gasteiger partial charge is 0.252 e. The third-order valence-electron chi connectivity index (χ3n) is 3.67. The third kappa shape index (κ3) is 4.66. The Hall–Kier alpha value is -3.75. The van der Waals surface area contributed by atoms with Crippen LogP contribution in [0.5, 0.6) is 5.75 Å². The number of hydrogen-bond donors (Lipinski definition) is 4. The minimum Gasteiger partial charge on any atom is -0.507 e. The molecule has 3 rings (SSSR count). The number of amides is 2. The monoisotopic (exact) mass is 369 g/mol. The van der Waals surface area contributed by atoms with E-state index in [1.165, 1.54) is 30.5 Å². The number of para-hydroxylation sites is 2. The number of carbonyl (C=O) groups is 2. The molecule has 138 valence electrons. The molecule has 1 aliphatic heterocycles. The van der Waals surface area contributed by atoms with Gasteiger partial charge in [-0.25, -0.2) is 14.8 Å². The molecule has 0 saturated carbocycles. The predicted octanol–water partition coefficient (Wildman–Crippen LogP) is 1.34. The van der Waals surface area contributed by atoms with Crippen LogP contribution in [0.25, 0.3) is 0 Å². The molecule has 9 heteroatoms. The number of nitrogens with one attached hydrogen (secondary N) is 3. The Balaban J connectivity index is 1.57. The van der Waals surface area contributed by atoms with Crippen molar-refractivity contribution >= 4 is 29.7 Å². The lowest BCUT2D eigenvalue weighted by atomic mass is 10.2. The van der Waals surface area contributed by atoms with Crippen LogP contribution in [-0.4, -0.2) is 35.1 Å². The quantitative estimate of drug-likeness (QED) is 0.470. The van der Waals surface area contributed by atoms with Gasteiger partial charge in [0.2, 0.25) is 11.9 Å². The summed E-state index contributed by atoms with van der Waals surface area (Å²) in [5.41, 5.74) is 3.05. The number of hydrogen-bond acceptors (Lipinski definition) is 6. The maximum Gasteiger partial charge on any atom is 0.252 e. The summed E-state index contributed by atoms with van der Waals surface area (Å²) in [6, 6.07) is 11.4. The van der Waals surface area contributed by atoms with Gasteiger partial charge >= 0.3 is 0 Å². The fourth-order valence-corrected chi connectivity index (χ4v) is 2.34. The maximum atomic E-state index is 13.5. The molecule has 1 aliphatic rings. The molecular formula is C18H16FN5O3. The zero-order valence-electron chi connectivity index (χ0n) is 14.0. The molecule has 27 heavy (non-hydrogen) atoms. The summed E-state index contributed by atoms with van der Waals surface area (Å²) in [7, 11) is 0. The van der Waals surface area contributed by atoms with Gasteiger partial charge in [0, 0.05) is 5.56 Å². The molecule has 0 fully saturated rings. The van der Waals surface area contributed by atoms with Gasteiger partial charge in [0.1, 0.15) is 17.6 Å². The molecule has 0 bridgehead atoms. The topological polar surface area (TPSA) is 115 Å². The van der Waals surface area contributed by atoms with Crippen molar-refractivity contribution in [1.82, 2.24) is 10.7 Å². The van der Waals surface area contributed by atoms with Crippen molar-refractivity contribution in [2.45, 2.75) is 12.5 Å². The van der Waals surface area contributed by atoms with Crippen LogP contribution in [0, 0.1) is 5.82 Å². The molecule has 0 unspecified atom stereocenters. The molecule has 0 spiro atoms. The molecule has 2 aromatic carbocycles. The van der Waals surface area contributed by atoms with Gasteiger partial charge in [0.25, 0.3) is 5.91 Å². The minimum absolute atomic E-state index is 0.0375. The van der Waals surface area contributed by atoms with Crippen LogP contribution in [0.1, 0.15) is 12.0 Å². The van der Waals surface area contributed by atoms with E-state index >= 15 is 0 Å². The van der Waals surface area contributed by atoms with E-state index in [2.05, 4.69) is 26.2 Å². The molecule has 0 aliphatic carbocycles. The van der Waals surface area contributed by atoms with Gasteiger partial charge in [0.05, 0.1) is 18.3 Å². The highest BCUT2D eigenvalue weighted by Crippen LogP contribution is 2.14. The first-order chi connectivity index (χ1) is 13.0. The number of carbonyl (C=O) groups excluding carboxylic acids is 2.